The van der Waals surface area contributed by atoms with Gasteiger partial charge >= 0.3 is 0 Å². The van der Waals surface area contributed by atoms with Gasteiger partial charge < -0.3 is 0 Å². The summed E-state index contributed by atoms with van der Waals surface area (Å²) in [5.74, 6) is 0.705. The van der Waals surface area contributed by atoms with Crippen molar-refractivity contribution in [3.63, 3.8) is 0 Å². The van der Waals surface area contributed by atoms with E-state index in [1.165, 1.54) is 11.8 Å². The summed E-state index contributed by atoms with van der Waals surface area (Å²) in [5, 5.41) is 0. The Morgan fingerprint density at radius 2 is 1.44 bits per heavy atom. The summed E-state index contributed by atoms with van der Waals surface area (Å²) in [6, 6.07) is 19.2. The molecule has 1 atom stereocenters. The van der Waals surface area contributed by atoms with Gasteiger partial charge in [0.1, 0.15) is 0 Å². The molecule has 0 bridgehead atoms. The first kappa shape index (κ1) is 11.2. The van der Waals surface area contributed by atoms with Crippen molar-refractivity contribution in [3.8, 4) is 0 Å². The van der Waals surface area contributed by atoms with Crippen LogP contribution in [0.2, 0.25) is 0 Å². The molecule has 0 heterocycles. The molecule has 2 rings (SSSR count). The standard InChI is InChI=1S/C14H13FS/c15-14(13-9-5-2-6-10-13)16-11-12-7-3-1-4-8-12/h1-10,14H,11H2. The van der Waals surface area contributed by atoms with Gasteiger partial charge in [-0.3, -0.25) is 0 Å². The average molecular weight is 232 g/mol. The fraction of sp³-hybridized carbons (Fsp3) is 0.143. The van der Waals surface area contributed by atoms with E-state index in [-0.39, 0.29) is 0 Å². The zero-order valence-corrected chi connectivity index (χ0v) is 9.66. The van der Waals surface area contributed by atoms with Crippen molar-refractivity contribution in [1.29, 1.82) is 0 Å². The first-order valence-corrected chi connectivity index (χ1v) is 6.25. The number of hydrogen-bond acceptors (Lipinski definition) is 1. The smallest absolute Gasteiger partial charge is 0.171 e. The molecule has 0 aliphatic carbocycles. The van der Waals surface area contributed by atoms with Crippen molar-refractivity contribution in [2.45, 2.75) is 11.3 Å². The van der Waals surface area contributed by atoms with Crippen molar-refractivity contribution in [2.24, 2.45) is 0 Å². The van der Waals surface area contributed by atoms with Crippen LogP contribution >= 0.6 is 11.8 Å². The van der Waals surface area contributed by atoms with Crippen molar-refractivity contribution >= 4 is 11.8 Å². The number of rotatable bonds is 4. The summed E-state index contributed by atoms with van der Waals surface area (Å²) < 4.78 is 13.8. The van der Waals surface area contributed by atoms with E-state index < -0.39 is 5.50 Å². The Morgan fingerprint density at radius 3 is 2.06 bits per heavy atom. The van der Waals surface area contributed by atoms with Crippen LogP contribution in [0.1, 0.15) is 16.6 Å². The monoisotopic (exact) mass is 232 g/mol. The molecule has 0 spiro atoms. The largest absolute Gasteiger partial charge is 0.230 e. The number of alkyl halides is 1. The van der Waals surface area contributed by atoms with Gasteiger partial charge in [0.25, 0.3) is 0 Å². The average Bonchev–Trinajstić information content (AvgIpc) is 2.38. The molecule has 0 amide bonds. The molecule has 2 aromatic rings. The third kappa shape index (κ3) is 3.11. The zero-order chi connectivity index (χ0) is 11.2. The van der Waals surface area contributed by atoms with Crippen molar-refractivity contribution in [2.75, 3.05) is 0 Å². The Labute approximate surface area is 99.5 Å². The van der Waals surface area contributed by atoms with Crippen molar-refractivity contribution in [1.82, 2.24) is 0 Å². The van der Waals surface area contributed by atoms with E-state index in [1.54, 1.807) is 0 Å². The SMILES string of the molecule is FC(SCc1ccccc1)c1ccccc1. The van der Waals surface area contributed by atoms with Gasteiger partial charge in [-0.15, -0.1) is 11.8 Å². The molecule has 0 fully saturated rings. The molecule has 16 heavy (non-hydrogen) atoms. The molecular formula is C14H13FS. The van der Waals surface area contributed by atoms with E-state index in [2.05, 4.69) is 0 Å². The maximum absolute atomic E-state index is 13.8. The number of hydrogen-bond donors (Lipinski definition) is 0. The quantitative estimate of drug-likeness (QED) is 0.743. The Kier molecular flexibility index (Phi) is 4.00. The topological polar surface area (TPSA) is 0 Å². The number of benzene rings is 2. The molecule has 0 aliphatic rings. The summed E-state index contributed by atoms with van der Waals surface area (Å²) in [7, 11) is 0. The molecule has 0 nitrogen and oxygen atoms in total. The summed E-state index contributed by atoms with van der Waals surface area (Å²) in [6.07, 6.45) is 0. The molecule has 1 unspecified atom stereocenters. The van der Waals surface area contributed by atoms with E-state index >= 15 is 0 Å². The Hall–Kier alpha value is -1.28. The van der Waals surface area contributed by atoms with E-state index in [4.69, 9.17) is 0 Å². The van der Waals surface area contributed by atoms with E-state index in [9.17, 15) is 4.39 Å². The van der Waals surface area contributed by atoms with Crippen LogP contribution in [0.15, 0.2) is 60.7 Å². The lowest BCUT2D eigenvalue weighted by molar-refractivity contribution is 0.469. The lowest BCUT2D eigenvalue weighted by Crippen LogP contribution is -1.87. The van der Waals surface area contributed by atoms with Crippen LogP contribution in [0.3, 0.4) is 0 Å². The summed E-state index contributed by atoms with van der Waals surface area (Å²) in [5.41, 5.74) is 0.955. The fourth-order valence-corrected chi connectivity index (χ4v) is 2.33. The van der Waals surface area contributed by atoms with Crippen LogP contribution in [0.5, 0.6) is 0 Å². The molecule has 0 aromatic heterocycles. The molecular weight excluding hydrogens is 219 g/mol. The van der Waals surface area contributed by atoms with Crippen LogP contribution < -0.4 is 0 Å². The van der Waals surface area contributed by atoms with E-state index in [0.717, 1.165) is 11.1 Å². The predicted octanol–water partition coefficient (Wildman–Crippen LogP) is 4.59. The van der Waals surface area contributed by atoms with Gasteiger partial charge in [0.15, 0.2) is 5.50 Å². The zero-order valence-electron chi connectivity index (χ0n) is 8.84. The van der Waals surface area contributed by atoms with Crippen LogP contribution in [0, 0.1) is 0 Å². The van der Waals surface area contributed by atoms with Gasteiger partial charge in [-0.1, -0.05) is 60.7 Å². The molecule has 2 aromatic carbocycles. The van der Waals surface area contributed by atoms with Gasteiger partial charge in [-0.05, 0) is 11.1 Å². The molecule has 2 heteroatoms. The Bertz CT molecular complexity index is 413. The van der Waals surface area contributed by atoms with Gasteiger partial charge in [0.2, 0.25) is 0 Å². The maximum Gasteiger partial charge on any atom is 0.171 e. The molecule has 0 saturated heterocycles. The predicted molar refractivity (Wildman–Crippen MR) is 68.0 cm³/mol. The van der Waals surface area contributed by atoms with Crippen LogP contribution in [0.25, 0.3) is 0 Å². The Morgan fingerprint density at radius 1 is 0.875 bits per heavy atom. The highest BCUT2D eigenvalue weighted by atomic mass is 32.2. The first-order valence-electron chi connectivity index (χ1n) is 5.21. The van der Waals surface area contributed by atoms with Gasteiger partial charge in [-0.25, -0.2) is 4.39 Å². The summed E-state index contributed by atoms with van der Waals surface area (Å²) in [4.78, 5) is 0. The van der Waals surface area contributed by atoms with Gasteiger partial charge in [0.05, 0.1) is 0 Å². The normalized spacial score (nSPS) is 12.3. The molecule has 0 aliphatic heterocycles. The summed E-state index contributed by atoms with van der Waals surface area (Å²) >= 11 is 1.32. The van der Waals surface area contributed by atoms with E-state index in [1.807, 2.05) is 60.7 Å². The first-order chi connectivity index (χ1) is 7.86. The van der Waals surface area contributed by atoms with Crippen LogP contribution in [-0.4, -0.2) is 0 Å². The maximum atomic E-state index is 13.8. The highest BCUT2D eigenvalue weighted by Gasteiger charge is 2.09. The van der Waals surface area contributed by atoms with E-state index in [0.29, 0.717) is 5.75 Å². The van der Waals surface area contributed by atoms with Gasteiger partial charge in [-0.2, -0.15) is 0 Å². The number of thioether (sulfide) groups is 1. The second-order valence-corrected chi connectivity index (χ2v) is 4.56. The lowest BCUT2D eigenvalue weighted by atomic mass is 10.2. The second kappa shape index (κ2) is 5.71. The minimum absolute atomic E-state index is 0.705. The fourth-order valence-electron chi connectivity index (χ4n) is 1.44. The molecule has 82 valence electrons. The summed E-state index contributed by atoms with van der Waals surface area (Å²) in [6.45, 7) is 0. The molecule has 0 saturated carbocycles. The lowest BCUT2D eigenvalue weighted by Gasteiger charge is -2.07. The Balaban J connectivity index is 1.92. The van der Waals surface area contributed by atoms with Gasteiger partial charge in [0, 0.05) is 5.75 Å². The third-order valence-electron chi connectivity index (χ3n) is 2.30. The second-order valence-electron chi connectivity index (χ2n) is 3.52. The molecule has 0 radical (unpaired) electrons. The minimum atomic E-state index is -0.943. The van der Waals surface area contributed by atoms with Crippen molar-refractivity contribution < 1.29 is 4.39 Å². The number of halogens is 1. The minimum Gasteiger partial charge on any atom is -0.230 e. The molecule has 0 N–H and O–H groups in total. The van der Waals surface area contributed by atoms with Crippen LogP contribution in [0.4, 0.5) is 4.39 Å². The highest BCUT2D eigenvalue weighted by Crippen LogP contribution is 2.32. The van der Waals surface area contributed by atoms with Crippen molar-refractivity contribution in [3.05, 3.63) is 71.8 Å². The highest BCUT2D eigenvalue weighted by molar-refractivity contribution is 7.98. The third-order valence-corrected chi connectivity index (χ3v) is 3.37. The van der Waals surface area contributed by atoms with Crippen LogP contribution in [-0.2, 0) is 5.75 Å².